The number of nitrogens with two attached hydrogens (primary N) is 1. The first-order valence-corrected chi connectivity index (χ1v) is 3.53. The topological polar surface area (TPSA) is 35.2 Å². The van der Waals surface area contributed by atoms with Gasteiger partial charge in [-0.2, -0.15) is 0 Å². The fourth-order valence-electron chi connectivity index (χ4n) is 1.02. The Bertz CT molecular complexity index is 91.1. The van der Waals surface area contributed by atoms with Crippen molar-refractivity contribution in [3.05, 3.63) is 0 Å². The molecule has 2 heteroatoms. The molecule has 1 rings (SSSR count). The van der Waals surface area contributed by atoms with Gasteiger partial charge in [-0.15, -0.1) is 0 Å². The fourth-order valence-corrected chi connectivity index (χ4v) is 1.02. The Kier molecular flexibility index (Phi) is 1.78. The van der Waals surface area contributed by atoms with Gasteiger partial charge in [0.25, 0.3) is 0 Å². The Morgan fingerprint density at radius 3 is 2.67 bits per heavy atom. The molecule has 0 aromatic carbocycles. The third-order valence-corrected chi connectivity index (χ3v) is 1.83. The van der Waals surface area contributed by atoms with Crippen molar-refractivity contribution >= 4 is 0 Å². The lowest BCUT2D eigenvalue weighted by Crippen LogP contribution is -2.44. The lowest BCUT2D eigenvalue weighted by molar-refractivity contribution is -0.0810. The van der Waals surface area contributed by atoms with Gasteiger partial charge in [0.1, 0.15) is 5.72 Å². The lowest BCUT2D eigenvalue weighted by atomic mass is 9.98. The predicted octanol–water partition coefficient (Wildman–Crippen LogP) is 1.11. The minimum Gasteiger partial charge on any atom is -0.361 e. The van der Waals surface area contributed by atoms with Crippen molar-refractivity contribution in [2.24, 2.45) is 11.7 Å². The monoisotopic (exact) mass is 129 g/mol. The van der Waals surface area contributed by atoms with Crippen LogP contribution >= 0.6 is 0 Å². The maximum atomic E-state index is 5.72. The molecule has 2 atom stereocenters. The van der Waals surface area contributed by atoms with E-state index in [9.17, 15) is 0 Å². The Labute approximate surface area is 56.4 Å². The summed E-state index contributed by atoms with van der Waals surface area (Å²) in [4.78, 5) is 0. The Hall–Kier alpha value is -0.0800. The van der Waals surface area contributed by atoms with E-state index in [1.165, 1.54) is 6.42 Å². The van der Waals surface area contributed by atoms with Gasteiger partial charge in [0.05, 0.1) is 6.61 Å². The van der Waals surface area contributed by atoms with Crippen LogP contribution in [0.2, 0.25) is 0 Å². The van der Waals surface area contributed by atoms with E-state index in [1.807, 2.05) is 6.92 Å². The van der Waals surface area contributed by atoms with E-state index in [1.54, 1.807) is 0 Å². The summed E-state index contributed by atoms with van der Waals surface area (Å²) in [5, 5.41) is 0. The standard InChI is InChI=1S/C7H15NO/c1-6-3-4-7(2,8)9-5-6/h6H,3-5,8H2,1-2H3/t6-,7?/m1/s1. The zero-order valence-corrected chi connectivity index (χ0v) is 6.18. The summed E-state index contributed by atoms with van der Waals surface area (Å²) in [7, 11) is 0. The number of rotatable bonds is 0. The second-order valence-electron chi connectivity index (χ2n) is 3.27. The van der Waals surface area contributed by atoms with Gasteiger partial charge in [-0.05, 0) is 25.7 Å². The van der Waals surface area contributed by atoms with Crippen LogP contribution in [0.25, 0.3) is 0 Å². The van der Waals surface area contributed by atoms with Crippen LogP contribution in [0.15, 0.2) is 0 Å². The summed E-state index contributed by atoms with van der Waals surface area (Å²) in [6, 6.07) is 0. The zero-order chi connectivity index (χ0) is 6.91. The van der Waals surface area contributed by atoms with E-state index in [-0.39, 0.29) is 5.72 Å². The third-order valence-electron chi connectivity index (χ3n) is 1.83. The Balaban J connectivity index is 2.35. The smallest absolute Gasteiger partial charge is 0.113 e. The highest BCUT2D eigenvalue weighted by Crippen LogP contribution is 2.22. The van der Waals surface area contributed by atoms with E-state index >= 15 is 0 Å². The summed E-state index contributed by atoms with van der Waals surface area (Å²) >= 11 is 0. The lowest BCUT2D eigenvalue weighted by Gasteiger charge is -2.32. The predicted molar refractivity (Wildman–Crippen MR) is 36.9 cm³/mol. The molecule has 2 nitrogen and oxygen atoms in total. The molecule has 1 saturated heterocycles. The summed E-state index contributed by atoms with van der Waals surface area (Å²) in [5.41, 5.74) is 5.38. The molecule has 0 amide bonds. The van der Waals surface area contributed by atoms with Crippen molar-refractivity contribution in [1.82, 2.24) is 0 Å². The Morgan fingerprint density at radius 1 is 1.67 bits per heavy atom. The molecular formula is C7H15NO. The molecule has 1 heterocycles. The quantitative estimate of drug-likeness (QED) is 0.531. The number of hydrogen-bond acceptors (Lipinski definition) is 2. The van der Waals surface area contributed by atoms with Gasteiger partial charge in [0.15, 0.2) is 0 Å². The fraction of sp³-hybridized carbons (Fsp3) is 1.00. The van der Waals surface area contributed by atoms with Gasteiger partial charge in [-0.3, -0.25) is 0 Å². The molecule has 0 radical (unpaired) electrons. The van der Waals surface area contributed by atoms with E-state index < -0.39 is 0 Å². The van der Waals surface area contributed by atoms with Gasteiger partial charge in [0, 0.05) is 0 Å². The average Bonchev–Trinajstić information content (AvgIpc) is 1.78. The van der Waals surface area contributed by atoms with Crippen molar-refractivity contribution in [1.29, 1.82) is 0 Å². The summed E-state index contributed by atoms with van der Waals surface area (Å²) in [5.74, 6) is 0.696. The summed E-state index contributed by atoms with van der Waals surface area (Å²) < 4.78 is 5.36. The van der Waals surface area contributed by atoms with Crippen LogP contribution in [0.5, 0.6) is 0 Å². The normalized spacial score (nSPS) is 45.0. The highest BCUT2D eigenvalue weighted by Gasteiger charge is 2.25. The van der Waals surface area contributed by atoms with E-state index in [0.29, 0.717) is 5.92 Å². The Morgan fingerprint density at radius 2 is 2.33 bits per heavy atom. The van der Waals surface area contributed by atoms with E-state index in [2.05, 4.69) is 6.92 Å². The second-order valence-corrected chi connectivity index (χ2v) is 3.27. The third kappa shape index (κ3) is 1.95. The van der Waals surface area contributed by atoms with Gasteiger partial charge >= 0.3 is 0 Å². The van der Waals surface area contributed by atoms with Crippen molar-refractivity contribution < 1.29 is 4.74 Å². The molecule has 54 valence electrons. The molecule has 0 aliphatic carbocycles. The van der Waals surface area contributed by atoms with Crippen molar-refractivity contribution in [3.63, 3.8) is 0 Å². The van der Waals surface area contributed by atoms with Gasteiger partial charge in [-0.25, -0.2) is 0 Å². The first-order chi connectivity index (χ1) is 4.10. The molecule has 1 fully saturated rings. The average molecular weight is 129 g/mol. The maximum Gasteiger partial charge on any atom is 0.113 e. The van der Waals surface area contributed by atoms with E-state index in [0.717, 1.165) is 13.0 Å². The number of ether oxygens (including phenoxy) is 1. The highest BCUT2D eigenvalue weighted by molar-refractivity contribution is 4.73. The molecular weight excluding hydrogens is 114 g/mol. The molecule has 1 unspecified atom stereocenters. The van der Waals surface area contributed by atoms with Gasteiger partial charge in [-0.1, -0.05) is 6.92 Å². The molecule has 1 aliphatic heterocycles. The van der Waals surface area contributed by atoms with Crippen molar-refractivity contribution in [2.45, 2.75) is 32.4 Å². The number of hydrogen-bond donors (Lipinski definition) is 1. The van der Waals surface area contributed by atoms with Crippen LogP contribution in [-0.4, -0.2) is 12.3 Å². The minimum atomic E-state index is -0.341. The van der Waals surface area contributed by atoms with Gasteiger partial charge in [0.2, 0.25) is 0 Å². The molecule has 0 spiro atoms. The molecule has 9 heavy (non-hydrogen) atoms. The first-order valence-electron chi connectivity index (χ1n) is 3.53. The minimum absolute atomic E-state index is 0.341. The summed E-state index contributed by atoms with van der Waals surface area (Å²) in [6.07, 6.45) is 2.20. The van der Waals surface area contributed by atoms with Crippen LogP contribution in [0.3, 0.4) is 0 Å². The van der Waals surface area contributed by atoms with Crippen molar-refractivity contribution in [2.75, 3.05) is 6.61 Å². The van der Waals surface area contributed by atoms with E-state index in [4.69, 9.17) is 10.5 Å². The zero-order valence-electron chi connectivity index (χ0n) is 6.18. The molecule has 1 aliphatic rings. The van der Waals surface area contributed by atoms with Gasteiger partial charge < -0.3 is 10.5 Å². The largest absolute Gasteiger partial charge is 0.361 e. The van der Waals surface area contributed by atoms with Crippen LogP contribution in [0.4, 0.5) is 0 Å². The molecule has 2 N–H and O–H groups in total. The maximum absolute atomic E-state index is 5.72. The summed E-state index contributed by atoms with van der Waals surface area (Å²) in [6.45, 7) is 4.96. The van der Waals surface area contributed by atoms with Crippen LogP contribution < -0.4 is 5.73 Å². The first kappa shape index (κ1) is 7.03. The van der Waals surface area contributed by atoms with Crippen LogP contribution in [0.1, 0.15) is 26.7 Å². The highest BCUT2D eigenvalue weighted by atomic mass is 16.5. The molecule has 0 bridgehead atoms. The molecule has 0 saturated carbocycles. The second kappa shape index (κ2) is 2.27. The molecule has 0 aromatic rings. The SMILES string of the molecule is C[C@@H]1CCC(C)(N)OC1. The van der Waals surface area contributed by atoms with Crippen LogP contribution in [-0.2, 0) is 4.74 Å². The van der Waals surface area contributed by atoms with Crippen molar-refractivity contribution in [3.8, 4) is 0 Å². The van der Waals surface area contributed by atoms with Crippen LogP contribution in [0, 0.1) is 5.92 Å². The molecule has 0 aromatic heterocycles.